The van der Waals surface area contributed by atoms with Crippen molar-refractivity contribution in [1.29, 1.82) is 0 Å². The molecule has 1 saturated carbocycles. The van der Waals surface area contributed by atoms with Crippen LogP contribution in [-0.2, 0) is 9.59 Å². The molecule has 2 N–H and O–H groups in total. The molecule has 0 radical (unpaired) electrons. The van der Waals surface area contributed by atoms with Gasteiger partial charge in [-0.1, -0.05) is 39.8 Å². The van der Waals surface area contributed by atoms with Gasteiger partial charge in [-0.25, -0.2) is 4.79 Å². The Kier molecular flexibility index (Phi) is 6.11. The van der Waals surface area contributed by atoms with Gasteiger partial charge in [-0.2, -0.15) is 0 Å². The van der Waals surface area contributed by atoms with Crippen LogP contribution in [0.2, 0.25) is 0 Å². The third kappa shape index (κ3) is 4.45. The molecule has 4 amide bonds. The largest absolute Gasteiger partial charge is 0.497 e. The molecule has 1 spiro atoms. The van der Waals surface area contributed by atoms with Gasteiger partial charge in [0.05, 0.1) is 13.2 Å². The van der Waals surface area contributed by atoms with Crippen LogP contribution in [-0.4, -0.2) is 41.9 Å². The quantitative estimate of drug-likeness (QED) is 0.697. The highest BCUT2D eigenvalue weighted by Gasteiger charge is 2.56. The van der Waals surface area contributed by atoms with Crippen molar-refractivity contribution >= 4 is 17.8 Å². The monoisotopic (exact) mass is 415 g/mol. The number of carbonyl (C=O) groups is 3. The summed E-state index contributed by atoms with van der Waals surface area (Å²) in [5.41, 5.74) is 0.0161. The van der Waals surface area contributed by atoms with Gasteiger partial charge >= 0.3 is 6.03 Å². The Morgan fingerprint density at radius 3 is 2.50 bits per heavy atom. The summed E-state index contributed by atoms with van der Waals surface area (Å²) in [7, 11) is 1.60. The Morgan fingerprint density at radius 2 is 1.93 bits per heavy atom. The van der Waals surface area contributed by atoms with Gasteiger partial charge in [0.25, 0.3) is 5.91 Å². The summed E-state index contributed by atoms with van der Waals surface area (Å²) in [5, 5.41) is 5.87. The number of carbonyl (C=O) groups excluding carboxylic acids is 3. The van der Waals surface area contributed by atoms with E-state index in [0.29, 0.717) is 25.2 Å². The fraction of sp³-hybridized carbons (Fsp3) is 0.609. The van der Waals surface area contributed by atoms with Crippen LogP contribution in [0.25, 0.3) is 0 Å². The number of rotatable bonds is 6. The Balaban J connectivity index is 1.68. The average molecular weight is 416 g/mol. The lowest BCUT2D eigenvalue weighted by molar-refractivity contribution is -0.137. The van der Waals surface area contributed by atoms with Gasteiger partial charge in [-0.15, -0.1) is 0 Å². The van der Waals surface area contributed by atoms with Crippen LogP contribution >= 0.6 is 0 Å². The summed E-state index contributed by atoms with van der Waals surface area (Å²) in [5.74, 6) is 0.446. The van der Waals surface area contributed by atoms with Gasteiger partial charge in [-0.3, -0.25) is 14.5 Å². The summed E-state index contributed by atoms with van der Waals surface area (Å²) < 4.78 is 5.18. The molecule has 1 aromatic carbocycles. The first kappa shape index (κ1) is 22.1. The fourth-order valence-corrected chi connectivity index (χ4v) is 5.29. The van der Waals surface area contributed by atoms with Crippen LogP contribution in [0.15, 0.2) is 24.3 Å². The third-order valence-electron chi connectivity index (χ3n) is 6.19. The van der Waals surface area contributed by atoms with E-state index in [-0.39, 0.29) is 29.8 Å². The molecule has 0 aromatic heterocycles. The highest BCUT2D eigenvalue weighted by molar-refractivity contribution is 6.09. The van der Waals surface area contributed by atoms with Gasteiger partial charge in [0, 0.05) is 0 Å². The van der Waals surface area contributed by atoms with Crippen molar-refractivity contribution in [1.82, 2.24) is 15.5 Å². The zero-order valence-corrected chi connectivity index (χ0v) is 18.6. The second-order valence-electron chi connectivity index (χ2n) is 9.56. The van der Waals surface area contributed by atoms with E-state index in [1.165, 1.54) is 0 Å². The number of urea groups is 1. The SMILES string of the molecule is CC[C@H](NC(=O)CN1C(=O)N[C@@]2(C[C@@H](C)CC(C)(C)C2)C1=O)c1ccc(OC)cc1. The summed E-state index contributed by atoms with van der Waals surface area (Å²) in [4.78, 5) is 39.6. The smallest absolute Gasteiger partial charge is 0.325 e. The molecule has 3 rings (SSSR count). The zero-order chi connectivity index (χ0) is 22.1. The van der Waals surface area contributed by atoms with Gasteiger partial charge < -0.3 is 15.4 Å². The minimum Gasteiger partial charge on any atom is -0.497 e. The van der Waals surface area contributed by atoms with E-state index in [1.54, 1.807) is 7.11 Å². The molecule has 2 fully saturated rings. The molecule has 30 heavy (non-hydrogen) atoms. The van der Waals surface area contributed by atoms with Crippen molar-refractivity contribution in [2.45, 2.75) is 65.0 Å². The molecule has 2 aliphatic rings. The van der Waals surface area contributed by atoms with Crippen LogP contribution < -0.4 is 15.4 Å². The zero-order valence-electron chi connectivity index (χ0n) is 18.6. The molecular formula is C23H33N3O4. The van der Waals surface area contributed by atoms with Gasteiger partial charge in [0.1, 0.15) is 17.8 Å². The van der Waals surface area contributed by atoms with E-state index >= 15 is 0 Å². The third-order valence-corrected chi connectivity index (χ3v) is 6.19. The second kappa shape index (κ2) is 8.28. The number of hydrogen-bond donors (Lipinski definition) is 2. The van der Waals surface area contributed by atoms with Gasteiger partial charge in [0.2, 0.25) is 5.91 Å². The minimum absolute atomic E-state index is 0.0411. The Labute approximate surface area is 178 Å². The molecule has 164 valence electrons. The highest BCUT2D eigenvalue weighted by Crippen LogP contribution is 2.46. The Morgan fingerprint density at radius 1 is 1.27 bits per heavy atom. The molecule has 1 heterocycles. The van der Waals surface area contributed by atoms with Crippen LogP contribution in [0.3, 0.4) is 0 Å². The molecule has 7 nitrogen and oxygen atoms in total. The number of imide groups is 1. The molecule has 0 bridgehead atoms. The van der Waals surface area contributed by atoms with E-state index < -0.39 is 11.6 Å². The maximum Gasteiger partial charge on any atom is 0.325 e. The van der Waals surface area contributed by atoms with Crippen LogP contribution in [0.5, 0.6) is 5.75 Å². The molecule has 1 aliphatic heterocycles. The molecule has 0 unspecified atom stereocenters. The maximum atomic E-state index is 13.2. The Bertz CT molecular complexity index is 820. The standard InChI is InChI=1S/C23H33N3O4/c1-6-18(16-7-9-17(30-5)10-8-16)24-19(27)13-26-20(28)23(25-21(26)29)12-15(2)11-22(3,4)14-23/h7-10,15,18H,6,11-14H2,1-5H3,(H,24,27)(H,25,29)/t15-,18-,23+/m0/s1. The topological polar surface area (TPSA) is 87.7 Å². The number of benzene rings is 1. The lowest BCUT2D eigenvalue weighted by atomic mass is 9.64. The van der Waals surface area contributed by atoms with E-state index in [9.17, 15) is 14.4 Å². The fourth-order valence-electron chi connectivity index (χ4n) is 5.29. The van der Waals surface area contributed by atoms with Crippen molar-refractivity contribution in [3.8, 4) is 5.75 Å². The van der Waals surface area contributed by atoms with E-state index in [2.05, 4.69) is 31.4 Å². The van der Waals surface area contributed by atoms with E-state index in [1.807, 2.05) is 31.2 Å². The summed E-state index contributed by atoms with van der Waals surface area (Å²) in [6.45, 7) is 8.06. The number of amides is 4. The van der Waals surface area contributed by atoms with Gasteiger partial charge in [-0.05, 0) is 54.7 Å². The van der Waals surface area contributed by atoms with Crippen LogP contribution in [0.1, 0.15) is 65.0 Å². The lowest BCUT2D eigenvalue weighted by Gasteiger charge is -2.43. The second-order valence-corrected chi connectivity index (χ2v) is 9.56. The number of ether oxygens (including phenoxy) is 1. The van der Waals surface area contributed by atoms with E-state index in [0.717, 1.165) is 22.6 Å². The van der Waals surface area contributed by atoms with Gasteiger partial charge in [0.15, 0.2) is 0 Å². The number of hydrogen-bond acceptors (Lipinski definition) is 4. The predicted molar refractivity (Wildman–Crippen MR) is 114 cm³/mol. The molecule has 1 saturated heterocycles. The summed E-state index contributed by atoms with van der Waals surface area (Å²) >= 11 is 0. The van der Waals surface area contributed by atoms with Crippen LogP contribution in [0.4, 0.5) is 4.79 Å². The normalized spacial score (nSPS) is 26.4. The summed E-state index contributed by atoms with van der Waals surface area (Å²) in [6.07, 6.45) is 2.91. The Hall–Kier alpha value is -2.57. The lowest BCUT2D eigenvalue weighted by Crippen LogP contribution is -2.54. The van der Waals surface area contributed by atoms with Crippen molar-refractivity contribution < 1.29 is 19.1 Å². The number of nitrogens with one attached hydrogen (secondary N) is 2. The predicted octanol–water partition coefficient (Wildman–Crippen LogP) is 3.40. The summed E-state index contributed by atoms with van der Waals surface area (Å²) in [6, 6.07) is 6.82. The molecular weight excluding hydrogens is 382 g/mol. The van der Waals surface area contributed by atoms with E-state index in [4.69, 9.17) is 4.74 Å². The first-order valence-corrected chi connectivity index (χ1v) is 10.7. The molecule has 1 aliphatic carbocycles. The molecule has 1 aromatic rings. The number of nitrogens with zero attached hydrogens (tertiary/aromatic N) is 1. The highest BCUT2D eigenvalue weighted by atomic mass is 16.5. The molecule has 7 heteroatoms. The maximum absolute atomic E-state index is 13.2. The van der Waals surface area contributed by atoms with Crippen molar-refractivity contribution in [2.75, 3.05) is 13.7 Å². The van der Waals surface area contributed by atoms with Crippen molar-refractivity contribution in [3.63, 3.8) is 0 Å². The van der Waals surface area contributed by atoms with Crippen molar-refractivity contribution in [2.24, 2.45) is 11.3 Å². The first-order valence-electron chi connectivity index (χ1n) is 10.7. The first-order chi connectivity index (χ1) is 14.1. The van der Waals surface area contributed by atoms with Crippen molar-refractivity contribution in [3.05, 3.63) is 29.8 Å². The average Bonchev–Trinajstić information content (AvgIpc) is 2.87. The van der Waals surface area contributed by atoms with Crippen LogP contribution in [0, 0.1) is 11.3 Å². The minimum atomic E-state index is -0.890. The number of methoxy groups -OCH3 is 1. The molecule has 3 atom stereocenters.